The highest BCUT2D eigenvalue weighted by atomic mass is 35.5. The van der Waals surface area contributed by atoms with Crippen molar-refractivity contribution in [3.05, 3.63) is 71.1 Å². The molecule has 0 radical (unpaired) electrons. The Labute approximate surface area is 153 Å². The van der Waals surface area contributed by atoms with Gasteiger partial charge in [0.25, 0.3) is 0 Å². The molecular formula is C20H22ClN3O. The van der Waals surface area contributed by atoms with Crippen LogP contribution in [0.3, 0.4) is 0 Å². The molecule has 0 saturated carbocycles. The Kier molecular flexibility index (Phi) is 4.93. The Morgan fingerprint density at radius 3 is 2.52 bits per heavy atom. The molecule has 1 aliphatic carbocycles. The fourth-order valence-electron chi connectivity index (χ4n) is 3.45. The molecule has 130 valence electrons. The van der Waals surface area contributed by atoms with Crippen molar-refractivity contribution >= 4 is 12.4 Å². The third-order valence-corrected chi connectivity index (χ3v) is 5.04. The number of aryl methyl sites for hydroxylation is 1. The van der Waals surface area contributed by atoms with Gasteiger partial charge in [0.15, 0.2) is 0 Å². The van der Waals surface area contributed by atoms with Crippen molar-refractivity contribution in [2.45, 2.75) is 38.1 Å². The maximum Gasteiger partial charge on any atom is 0.233 e. The number of fused-ring (bicyclic) bond motifs is 1. The van der Waals surface area contributed by atoms with Crippen LogP contribution < -0.4 is 5.73 Å². The highest BCUT2D eigenvalue weighted by Crippen LogP contribution is 2.38. The largest absolute Gasteiger partial charge is 0.338 e. The van der Waals surface area contributed by atoms with E-state index >= 15 is 0 Å². The van der Waals surface area contributed by atoms with Crippen LogP contribution in [0.1, 0.15) is 35.9 Å². The molecule has 0 saturated heterocycles. The molecule has 4 nitrogen and oxygen atoms in total. The summed E-state index contributed by atoms with van der Waals surface area (Å²) in [6, 6.07) is 16.6. The Morgan fingerprint density at radius 2 is 1.80 bits per heavy atom. The summed E-state index contributed by atoms with van der Waals surface area (Å²) in [5.41, 5.74) is 10.4. The van der Waals surface area contributed by atoms with E-state index in [2.05, 4.69) is 36.3 Å². The molecule has 3 aromatic rings. The van der Waals surface area contributed by atoms with E-state index in [0.717, 1.165) is 36.3 Å². The lowest BCUT2D eigenvalue weighted by atomic mass is 9.73. The molecular weight excluding hydrogens is 334 g/mol. The van der Waals surface area contributed by atoms with Gasteiger partial charge in [0.05, 0.1) is 5.41 Å². The van der Waals surface area contributed by atoms with Crippen molar-refractivity contribution in [1.29, 1.82) is 0 Å². The van der Waals surface area contributed by atoms with Crippen LogP contribution >= 0.6 is 12.4 Å². The molecule has 1 heterocycles. The predicted molar refractivity (Wildman–Crippen MR) is 101 cm³/mol. The van der Waals surface area contributed by atoms with Crippen LogP contribution in [0.25, 0.3) is 11.4 Å². The van der Waals surface area contributed by atoms with Gasteiger partial charge in [-0.1, -0.05) is 60.6 Å². The van der Waals surface area contributed by atoms with Crippen LogP contribution in [0.5, 0.6) is 0 Å². The van der Waals surface area contributed by atoms with Crippen LogP contribution in [0.2, 0.25) is 0 Å². The maximum atomic E-state index is 5.65. The lowest BCUT2D eigenvalue weighted by Crippen LogP contribution is -2.30. The SMILES string of the molecule is CC1(c2nc(-c3ccc(CN)cc3)no2)CCc2ccccc2C1.Cl. The summed E-state index contributed by atoms with van der Waals surface area (Å²) in [7, 11) is 0. The van der Waals surface area contributed by atoms with E-state index in [9.17, 15) is 0 Å². The van der Waals surface area contributed by atoms with Crippen LogP contribution in [-0.2, 0) is 24.8 Å². The van der Waals surface area contributed by atoms with Crippen LogP contribution in [0.15, 0.2) is 53.1 Å². The smallest absolute Gasteiger partial charge is 0.233 e. The summed E-state index contributed by atoms with van der Waals surface area (Å²) in [6.45, 7) is 2.76. The molecule has 0 fully saturated rings. The monoisotopic (exact) mass is 355 g/mol. The minimum Gasteiger partial charge on any atom is -0.338 e. The van der Waals surface area contributed by atoms with Crippen LogP contribution in [-0.4, -0.2) is 10.1 Å². The molecule has 4 rings (SSSR count). The molecule has 1 aromatic heterocycles. The molecule has 25 heavy (non-hydrogen) atoms. The number of hydrogen-bond acceptors (Lipinski definition) is 4. The first-order valence-corrected chi connectivity index (χ1v) is 8.38. The highest BCUT2D eigenvalue weighted by molar-refractivity contribution is 5.85. The van der Waals surface area contributed by atoms with Crippen molar-refractivity contribution in [3.63, 3.8) is 0 Å². The zero-order valence-electron chi connectivity index (χ0n) is 14.2. The fraction of sp³-hybridized carbons (Fsp3) is 0.300. The number of rotatable bonds is 3. The number of nitrogens with zero attached hydrogens (tertiary/aromatic N) is 2. The molecule has 2 N–H and O–H groups in total. The van der Waals surface area contributed by atoms with Gasteiger partial charge in [-0.2, -0.15) is 4.98 Å². The third kappa shape index (κ3) is 3.32. The van der Waals surface area contributed by atoms with Gasteiger partial charge in [-0.3, -0.25) is 0 Å². The minimum atomic E-state index is -0.100. The van der Waals surface area contributed by atoms with Crippen molar-refractivity contribution in [2.24, 2.45) is 5.73 Å². The van der Waals surface area contributed by atoms with E-state index in [-0.39, 0.29) is 17.8 Å². The van der Waals surface area contributed by atoms with Crippen LogP contribution in [0.4, 0.5) is 0 Å². The molecule has 0 bridgehead atoms. The van der Waals surface area contributed by atoms with Crippen molar-refractivity contribution in [3.8, 4) is 11.4 Å². The molecule has 5 heteroatoms. The van der Waals surface area contributed by atoms with Gasteiger partial charge >= 0.3 is 0 Å². The second kappa shape index (κ2) is 6.98. The van der Waals surface area contributed by atoms with E-state index in [1.165, 1.54) is 11.1 Å². The quantitative estimate of drug-likeness (QED) is 0.769. The Balaban J connectivity index is 0.00000182. The number of benzene rings is 2. The zero-order chi connectivity index (χ0) is 16.6. The van der Waals surface area contributed by atoms with Gasteiger partial charge in [0.1, 0.15) is 0 Å². The van der Waals surface area contributed by atoms with Gasteiger partial charge in [0.2, 0.25) is 11.7 Å². The Hall–Kier alpha value is -2.17. The number of nitrogens with two attached hydrogens (primary N) is 1. The minimum absolute atomic E-state index is 0. The molecule has 1 atom stereocenters. The Morgan fingerprint density at radius 1 is 1.08 bits per heavy atom. The molecule has 0 amide bonds. The number of hydrogen-bond donors (Lipinski definition) is 1. The summed E-state index contributed by atoms with van der Waals surface area (Å²) in [5.74, 6) is 1.38. The van der Waals surface area contributed by atoms with Crippen molar-refractivity contribution < 1.29 is 4.52 Å². The highest BCUT2D eigenvalue weighted by Gasteiger charge is 2.36. The zero-order valence-corrected chi connectivity index (χ0v) is 15.1. The number of aromatic nitrogens is 2. The van der Waals surface area contributed by atoms with E-state index in [1.54, 1.807) is 0 Å². The van der Waals surface area contributed by atoms with E-state index < -0.39 is 0 Å². The van der Waals surface area contributed by atoms with E-state index in [0.29, 0.717) is 12.4 Å². The first kappa shape index (κ1) is 17.6. The van der Waals surface area contributed by atoms with Gasteiger partial charge in [-0.15, -0.1) is 12.4 Å². The molecule has 0 aliphatic heterocycles. The summed E-state index contributed by atoms with van der Waals surface area (Å²) < 4.78 is 5.65. The first-order valence-electron chi connectivity index (χ1n) is 8.38. The van der Waals surface area contributed by atoms with Gasteiger partial charge in [0, 0.05) is 12.1 Å². The lowest BCUT2D eigenvalue weighted by Gasteiger charge is -2.31. The van der Waals surface area contributed by atoms with Crippen LogP contribution in [0, 0.1) is 0 Å². The first-order chi connectivity index (χ1) is 11.7. The third-order valence-electron chi connectivity index (χ3n) is 5.04. The van der Waals surface area contributed by atoms with Crippen molar-refractivity contribution in [2.75, 3.05) is 0 Å². The molecule has 1 aliphatic rings. The van der Waals surface area contributed by atoms with Gasteiger partial charge < -0.3 is 10.3 Å². The number of halogens is 1. The van der Waals surface area contributed by atoms with Crippen molar-refractivity contribution in [1.82, 2.24) is 10.1 Å². The van der Waals surface area contributed by atoms with E-state index in [4.69, 9.17) is 15.2 Å². The predicted octanol–water partition coefficient (Wildman–Crippen LogP) is 4.06. The summed E-state index contributed by atoms with van der Waals surface area (Å²) in [4.78, 5) is 4.70. The van der Waals surface area contributed by atoms with E-state index in [1.807, 2.05) is 24.3 Å². The van der Waals surface area contributed by atoms with Gasteiger partial charge in [-0.25, -0.2) is 0 Å². The topological polar surface area (TPSA) is 64.9 Å². The summed E-state index contributed by atoms with van der Waals surface area (Å²) >= 11 is 0. The molecule has 1 unspecified atom stereocenters. The second-order valence-corrected chi connectivity index (χ2v) is 6.83. The lowest BCUT2D eigenvalue weighted by molar-refractivity contribution is 0.270. The second-order valence-electron chi connectivity index (χ2n) is 6.83. The average molecular weight is 356 g/mol. The maximum absolute atomic E-state index is 5.65. The summed E-state index contributed by atoms with van der Waals surface area (Å²) in [6.07, 6.45) is 3.02. The normalized spacial score (nSPS) is 19.1. The standard InChI is InChI=1S/C20H21N3O.ClH/c1-20(11-10-15-4-2-3-5-17(15)12-20)19-22-18(23-24-19)16-8-6-14(13-21)7-9-16;/h2-9H,10-13,21H2,1H3;1H. The molecule has 0 spiro atoms. The average Bonchev–Trinajstić information content (AvgIpc) is 3.13. The molecule has 2 aromatic carbocycles. The Bertz CT molecular complexity index is 859. The summed E-state index contributed by atoms with van der Waals surface area (Å²) in [5, 5.41) is 4.20. The fourth-order valence-corrected chi connectivity index (χ4v) is 3.45. The van der Waals surface area contributed by atoms with Gasteiger partial charge in [-0.05, 0) is 36.0 Å².